The van der Waals surface area contributed by atoms with Crippen LogP contribution in [0.25, 0.3) is 21.8 Å². The molecule has 2 N–H and O–H groups in total. The Hall–Kier alpha value is -4.12. The molecule has 1 amide bonds. The van der Waals surface area contributed by atoms with Crippen molar-refractivity contribution < 1.29 is 27.9 Å². The van der Waals surface area contributed by atoms with E-state index >= 15 is 0 Å². The molecular weight excluding hydrogens is 513 g/mol. The van der Waals surface area contributed by atoms with E-state index in [4.69, 9.17) is 9.90 Å². The number of fused-ring (bicyclic) bond motifs is 2. The lowest BCUT2D eigenvalue weighted by Gasteiger charge is -2.32. The molecule has 1 aromatic heterocycles. The number of aryl methyl sites for hydroxylation is 1. The van der Waals surface area contributed by atoms with Gasteiger partial charge < -0.3 is 15.3 Å². The van der Waals surface area contributed by atoms with Crippen molar-refractivity contribution in [2.24, 2.45) is 7.05 Å². The Morgan fingerprint density at radius 2 is 1.54 bits per heavy atom. The fourth-order valence-corrected chi connectivity index (χ4v) is 4.83. The molecule has 1 saturated heterocycles. The summed E-state index contributed by atoms with van der Waals surface area (Å²) in [6, 6.07) is 22.1. The van der Waals surface area contributed by atoms with E-state index in [2.05, 4.69) is 10.2 Å². The predicted octanol–water partition coefficient (Wildman–Crippen LogP) is 4.19. The smallest absolute Gasteiger partial charge is 0.475 e. The number of rotatable bonds is 5. The number of carbonyl (C=O) groups excluding carboxylic acids is 1. The molecule has 0 spiro atoms. The van der Waals surface area contributed by atoms with Crippen LogP contribution in [0, 0.1) is 0 Å². The summed E-state index contributed by atoms with van der Waals surface area (Å²) in [7, 11) is 1.84. The van der Waals surface area contributed by atoms with Crippen LogP contribution in [0.5, 0.6) is 0 Å². The Kier molecular flexibility index (Phi) is 8.39. The van der Waals surface area contributed by atoms with Crippen molar-refractivity contribution in [1.29, 1.82) is 0 Å². The SMILES string of the molecule is Cn1c(=O)n(C2CCN(CCNC(=O)c3ccc4ccccc4c3)CC2)c2ccccc21.O=C(O)C(F)(F)F. The van der Waals surface area contributed by atoms with Crippen molar-refractivity contribution in [2.75, 3.05) is 26.2 Å². The number of likely N-dealkylation sites (tertiary alicyclic amines) is 1. The van der Waals surface area contributed by atoms with Gasteiger partial charge >= 0.3 is 17.8 Å². The Balaban J connectivity index is 0.000000448. The topological polar surface area (TPSA) is 96.6 Å². The van der Waals surface area contributed by atoms with Gasteiger partial charge in [0.25, 0.3) is 5.91 Å². The number of amides is 1. The first-order valence-electron chi connectivity index (χ1n) is 12.5. The van der Waals surface area contributed by atoms with E-state index in [1.165, 1.54) is 0 Å². The highest BCUT2D eigenvalue weighted by molar-refractivity contribution is 5.98. The Labute approximate surface area is 222 Å². The van der Waals surface area contributed by atoms with Crippen molar-refractivity contribution >= 4 is 33.7 Å². The first kappa shape index (κ1) is 27.9. The minimum atomic E-state index is -5.08. The van der Waals surface area contributed by atoms with E-state index < -0.39 is 12.1 Å². The number of hydrogen-bond acceptors (Lipinski definition) is 4. The number of nitrogens with zero attached hydrogens (tertiary/aromatic N) is 3. The number of aromatic nitrogens is 2. The predicted molar refractivity (Wildman–Crippen MR) is 142 cm³/mol. The molecule has 5 rings (SSSR count). The highest BCUT2D eigenvalue weighted by atomic mass is 19.4. The minimum Gasteiger partial charge on any atom is -0.475 e. The molecule has 4 aromatic rings. The second-order valence-electron chi connectivity index (χ2n) is 9.39. The molecule has 0 saturated carbocycles. The Morgan fingerprint density at radius 1 is 0.949 bits per heavy atom. The first-order chi connectivity index (χ1) is 18.6. The summed E-state index contributed by atoms with van der Waals surface area (Å²) >= 11 is 0. The summed E-state index contributed by atoms with van der Waals surface area (Å²) in [6.07, 6.45) is -3.21. The molecule has 2 heterocycles. The largest absolute Gasteiger partial charge is 0.490 e. The van der Waals surface area contributed by atoms with E-state index in [0.29, 0.717) is 12.1 Å². The standard InChI is InChI=1S/C26H28N4O2.C2HF3O2/c1-28-23-8-4-5-9-24(23)30(26(28)32)22-12-15-29(16-13-22)17-14-27-25(31)21-11-10-19-6-2-3-7-20(19)18-21;3-2(4,5)1(6)7/h2-11,18,22H,12-17H2,1H3,(H,27,31);(H,6,7). The zero-order valence-corrected chi connectivity index (χ0v) is 21.3. The van der Waals surface area contributed by atoms with Crippen LogP contribution in [0.4, 0.5) is 13.2 Å². The lowest BCUT2D eigenvalue weighted by Crippen LogP contribution is -2.41. The zero-order valence-electron chi connectivity index (χ0n) is 21.3. The van der Waals surface area contributed by atoms with E-state index in [-0.39, 0.29) is 17.6 Å². The number of carbonyl (C=O) groups is 2. The van der Waals surface area contributed by atoms with Crippen molar-refractivity contribution in [3.8, 4) is 0 Å². The molecule has 206 valence electrons. The zero-order chi connectivity index (χ0) is 28.2. The fraction of sp³-hybridized carbons (Fsp3) is 0.321. The summed E-state index contributed by atoms with van der Waals surface area (Å²) in [5.74, 6) is -2.79. The number of nitrogens with one attached hydrogen (secondary N) is 1. The van der Waals surface area contributed by atoms with E-state index in [9.17, 15) is 22.8 Å². The van der Waals surface area contributed by atoms with Gasteiger partial charge in [-0.2, -0.15) is 13.2 Å². The van der Waals surface area contributed by atoms with Crippen LogP contribution in [-0.4, -0.2) is 63.4 Å². The highest BCUT2D eigenvalue weighted by Crippen LogP contribution is 2.25. The van der Waals surface area contributed by atoms with Gasteiger partial charge in [0, 0.05) is 44.8 Å². The van der Waals surface area contributed by atoms with Crippen LogP contribution < -0.4 is 11.0 Å². The minimum absolute atomic E-state index is 0.0343. The maximum Gasteiger partial charge on any atom is 0.490 e. The number of carboxylic acid groups (broad SMARTS) is 1. The maximum atomic E-state index is 12.8. The molecular formula is C28H29F3N4O4. The maximum absolute atomic E-state index is 12.8. The monoisotopic (exact) mass is 542 g/mol. The van der Waals surface area contributed by atoms with Gasteiger partial charge in [-0.1, -0.05) is 42.5 Å². The average Bonchev–Trinajstić information content (AvgIpc) is 3.18. The van der Waals surface area contributed by atoms with Crippen LogP contribution in [-0.2, 0) is 11.8 Å². The Morgan fingerprint density at radius 3 is 2.18 bits per heavy atom. The van der Waals surface area contributed by atoms with E-state index in [1.54, 1.807) is 4.57 Å². The summed E-state index contributed by atoms with van der Waals surface area (Å²) in [4.78, 5) is 36.6. The average molecular weight is 543 g/mol. The molecule has 1 fully saturated rings. The third-order valence-electron chi connectivity index (χ3n) is 6.89. The van der Waals surface area contributed by atoms with Gasteiger partial charge in [-0.05, 0) is 47.9 Å². The van der Waals surface area contributed by atoms with Crippen molar-refractivity contribution in [2.45, 2.75) is 25.1 Å². The molecule has 11 heteroatoms. The molecule has 0 atom stereocenters. The van der Waals surface area contributed by atoms with Gasteiger partial charge in [-0.25, -0.2) is 9.59 Å². The van der Waals surface area contributed by atoms with Gasteiger partial charge in [-0.15, -0.1) is 0 Å². The molecule has 1 aliphatic heterocycles. The number of alkyl halides is 3. The number of benzene rings is 3. The lowest BCUT2D eigenvalue weighted by atomic mass is 10.0. The number of aliphatic carboxylic acids is 1. The van der Waals surface area contributed by atoms with Crippen molar-refractivity contribution in [1.82, 2.24) is 19.4 Å². The van der Waals surface area contributed by atoms with Crippen LogP contribution in [0.1, 0.15) is 29.2 Å². The third-order valence-corrected chi connectivity index (χ3v) is 6.89. The molecule has 39 heavy (non-hydrogen) atoms. The molecule has 0 unspecified atom stereocenters. The van der Waals surface area contributed by atoms with E-state index in [0.717, 1.165) is 54.3 Å². The van der Waals surface area contributed by atoms with Gasteiger partial charge in [0.2, 0.25) is 0 Å². The quantitative estimate of drug-likeness (QED) is 0.394. The van der Waals surface area contributed by atoms with Gasteiger partial charge in [-0.3, -0.25) is 13.9 Å². The fourth-order valence-electron chi connectivity index (χ4n) is 4.83. The van der Waals surface area contributed by atoms with Crippen molar-refractivity contribution in [3.63, 3.8) is 0 Å². The number of halogens is 3. The van der Waals surface area contributed by atoms with Crippen LogP contribution in [0.15, 0.2) is 71.5 Å². The summed E-state index contributed by atoms with van der Waals surface area (Å²) in [5.41, 5.74) is 2.75. The molecule has 0 aliphatic carbocycles. The van der Waals surface area contributed by atoms with Crippen LogP contribution >= 0.6 is 0 Å². The lowest BCUT2D eigenvalue weighted by molar-refractivity contribution is -0.192. The third kappa shape index (κ3) is 6.48. The normalized spacial score (nSPS) is 14.7. The first-order valence-corrected chi connectivity index (χ1v) is 12.5. The Bertz CT molecular complexity index is 1540. The number of imidazole rings is 1. The molecule has 0 radical (unpaired) electrons. The van der Waals surface area contributed by atoms with Gasteiger partial charge in [0.05, 0.1) is 11.0 Å². The molecule has 8 nitrogen and oxygen atoms in total. The van der Waals surface area contributed by atoms with Crippen LogP contribution in [0.2, 0.25) is 0 Å². The second kappa shape index (κ2) is 11.7. The molecule has 1 aliphatic rings. The highest BCUT2D eigenvalue weighted by Gasteiger charge is 2.38. The van der Waals surface area contributed by atoms with Gasteiger partial charge in [0.1, 0.15) is 0 Å². The second-order valence-corrected chi connectivity index (χ2v) is 9.39. The van der Waals surface area contributed by atoms with Gasteiger partial charge in [0.15, 0.2) is 0 Å². The van der Waals surface area contributed by atoms with Crippen molar-refractivity contribution in [3.05, 3.63) is 82.8 Å². The van der Waals surface area contributed by atoms with Crippen LogP contribution in [0.3, 0.4) is 0 Å². The summed E-state index contributed by atoms with van der Waals surface area (Å²) in [5, 5.41) is 12.4. The summed E-state index contributed by atoms with van der Waals surface area (Å²) in [6.45, 7) is 3.28. The molecule has 0 bridgehead atoms. The number of para-hydroxylation sites is 2. The summed E-state index contributed by atoms with van der Waals surface area (Å²) < 4.78 is 35.4. The number of hydrogen-bond donors (Lipinski definition) is 2. The molecule has 3 aromatic carbocycles. The number of piperidine rings is 1. The van der Waals surface area contributed by atoms with E-state index in [1.807, 2.05) is 78.3 Å². The number of carboxylic acids is 1.